The van der Waals surface area contributed by atoms with Gasteiger partial charge < -0.3 is 32.3 Å². The van der Waals surface area contributed by atoms with Gasteiger partial charge in [0.2, 0.25) is 17.7 Å². The molecular weight excluding hydrogens is 644 g/mol. The zero-order valence-corrected chi connectivity index (χ0v) is 31.0. The number of Topliss-reactive ketones (excluding diaryl/α,β-unsaturated/α-hetero) is 2. The van der Waals surface area contributed by atoms with Gasteiger partial charge >= 0.3 is 0 Å². The first-order chi connectivity index (χ1) is 24.3. The Kier molecular flexibility index (Phi) is 16.9. The summed E-state index contributed by atoms with van der Waals surface area (Å²) in [6.45, 7) is 9.32. The maximum absolute atomic E-state index is 14.0. The van der Waals surface area contributed by atoms with Crippen LogP contribution in [-0.2, 0) is 30.4 Å². The SMILES string of the molecule is CC(=O)C1(N)CCN(C(=O)[C@@H](CCCCN)CC(=O)[C@@H](CC(C)C)NC(=O)[C@@H](Cc2ccccc2)NC(=O)CNC[C@H](C)c2ccccc2)CC1. The molecule has 3 amide bonds. The number of ketones is 2. The lowest BCUT2D eigenvalue weighted by molar-refractivity contribution is -0.141. The van der Waals surface area contributed by atoms with E-state index in [1.807, 2.05) is 74.5 Å². The Morgan fingerprint density at radius 3 is 2.08 bits per heavy atom. The van der Waals surface area contributed by atoms with E-state index in [-0.39, 0.29) is 54.6 Å². The molecule has 11 nitrogen and oxygen atoms in total. The molecule has 0 aliphatic carbocycles. The predicted octanol–water partition coefficient (Wildman–Crippen LogP) is 3.25. The highest BCUT2D eigenvalue weighted by Crippen LogP contribution is 2.25. The number of nitrogens with two attached hydrogens (primary N) is 2. The molecule has 0 bridgehead atoms. The van der Waals surface area contributed by atoms with E-state index in [9.17, 15) is 24.0 Å². The number of benzene rings is 2. The zero-order valence-electron chi connectivity index (χ0n) is 31.0. The molecule has 3 rings (SSSR count). The molecule has 0 spiro atoms. The monoisotopic (exact) mass is 704 g/mol. The molecule has 1 aliphatic heterocycles. The highest BCUT2D eigenvalue weighted by Gasteiger charge is 2.38. The number of hydrogen-bond acceptors (Lipinski definition) is 8. The van der Waals surface area contributed by atoms with Crippen molar-refractivity contribution < 1.29 is 24.0 Å². The van der Waals surface area contributed by atoms with E-state index in [1.54, 1.807) is 4.90 Å². The summed E-state index contributed by atoms with van der Waals surface area (Å²) in [7, 11) is 0. The molecule has 0 aromatic heterocycles. The standard InChI is InChI=1S/C40H60N6O5/c1-28(2)23-34(36(48)25-33(17-11-12-20-41)39(51)46-21-18-40(42,19-22-46)30(4)47)45-38(50)35(24-31-13-7-5-8-14-31)44-37(49)27-43-26-29(3)32-15-9-6-10-16-32/h5-10,13-16,28-29,33-35,43H,11-12,17-27,41-42H2,1-4H3,(H,44,49)(H,45,50)/t29-,33-,34+,35+/m0/s1. The molecule has 1 heterocycles. The van der Waals surface area contributed by atoms with E-state index in [0.29, 0.717) is 58.3 Å². The van der Waals surface area contributed by atoms with Crippen LogP contribution in [0, 0.1) is 11.8 Å². The number of nitrogens with zero attached hydrogens (tertiary/aromatic N) is 1. The molecule has 51 heavy (non-hydrogen) atoms. The number of amides is 3. The van der Waals surface area contributed by atoms with Crippen LogP contribution in [0.4, 0.5) is 0 Å². The lowest BCUT2D eigenvalue weighted by atomic mass is 9.84. The second-order valence-electron chi connectivity index (χ2n) is 14.6. The van der Waals surface area contributed by atoms with Crippen LogP contribution in [0.25, 0.3) is 0 Å². The van der Waals surface area contributed by atoms with Crippen LogP contribution < -0.4 is 27.4 Å². The Morgan fingerprint density at radius 2 is 1.49 bits per heavy atom. The predicted molar refractivity (Wildman–Crippen MR) is 201 cm³/mol. The van der Waals surface area contributed by atoms with Crippen LogP contribution in [0.2, 0.25) is 0 Å². The van der Waals surface area contributed by atoms with E-state index in [0.717, 1.165) is 17.5 Å². The van der Waals surface area contributed by atoms with Crippen LogP contribution in [0.15, 0.2) is 60.7 Å². The van der Waals surface area contributed by atoms with E-state index >= 15 is 0 Å². The van der Waals surface area contributed by atoms with Gasteiger partial charge in [-0.1, -0.05) is 87.9 Å². The van der Waals surface area contributed by atoms with Gasteiger partial charge in [-0.2, -0.15) is 0 Å². The number of carbonyl (C=O) groups excluding carboxylic acids is 5. The van der Waals surface area contributed by atoms with Crippen LogP contribution in [0.3, 0.4) is 0 Å². The molecule has 4 atom stereocenters. The minimum absolute atomic E-state index is 0.0305. The molecule has 1 saturated heterocycles. The van der Waals surface area contributed by atoms with E-state index < -0.39 is 29.4 Å². The topological polar surface area (TPSA) is 177 Å². The first-order valence-corrected chi connectivity index (χ1v) is 18.5. The van der Waals surface area contributed by atoms with Crippen molar-refractivity contribution in [3.8, 4) is 0 Å². The number of piperidine rings is 1. The number of likely N-dealkylation sites (tertiary alicyclic amines) is 1. The van der Waals surface area contributed by atoms with Crippen molar-refractivity contribution in [2.24, 2.45) is 23.3 Å². The Hall–Kier alpha value is -3.93. The van der Waals surface area contributed by atoms with Gasteiger partial charge in [-0.25, -0.2) is 0 Å². The Morgan fingerprint density at radius 1 is 0.863 bits per heavy atom. The first kappa shape index (κ1) is 41.5. The average Bonchev–Trinajstić information content (AvgIpc) is 3.11. The fraction of sp³-hybridized carbons (Fsp3) is 0.575. The fourth-order valence-electron chi connectivity index (χ4n) is 6.59. The quantitative estimate of drug-likeness (QED) is 0.123. The minimum atomic E-state index is -0.934. The van der Waals surface area contributed by atoms with E-state index in [2.05, 4.69) is 22.9 Å². The molecule has 2 aromatic carbocycles. The van der Waals surface area contributed by atoms with Gasteiger partial charge in [0.25, 0.3) is 0 Å². The Balaban J connectivity index is 1.71. The van der Waals surface area contributed by atoms with Crippen molar-refractivity contribution in [3.05, 3.63) is 71.8 Å². The van der Waals surface area contributed by atoms with Gasteiger partial charge in [-0.15, -0.1) is 0 Å². The van der Waals surface area contributed by atoms with Crippen molar-refractivity contribution >= 4 is 29.3 Å². The number of hydrogen-bond donors (Lipinski definition) is 5. The molecule has 7 N–H and O–H groups in total. The normalized spacial score (nSPS) is 16.5. The third kappa shape index (κ3) is 13.6. The molecular formula is C40H60N6O5. The number of nitrogens with one attached hydrogen (secondary N) is 3. The third-order valence-corrected chi connectivity index (χ3v) is 9.92. The summed E-state index contributed by atoms with van der Waals surface area (Å²) in [6.07, 6.45) is 3.26. The number of unbranched alkanes of at least 4 members (excludes halogenated alkanes) is 1. The second-order valence-corrected chi connectivity index (χ2v) is 14.6. The summed E-state index contributed by atoms with van der Waals surface area (Å²) in [5, 5.41) is 9.06. The minimum Gasteiger partial charge on any atom is -0.344 e. The molecule has 280 valence electrons. The summed E-state index contributed by atoms with van der Waals surface area (Å²) < 4.78 is 0. The third-order valence-electron chi connectivity index (χ3n) is 9.92. The van der Waals surface area contributed by atoms with Crippen LogP contribution in [0.1, 0.15) is 89.7 Å². The van der Waals surface area contributed by atoms with Gasteiger partial charge in [-0.05, 0) is 68.5 Å². The molecule has 1 fully saturated rings. The van der Waals surface area contributed by atoms with E-state index in [1.165, 1.54) is 6.92 Å². The molecule has 0 unspecified atom stereocenters. The van der Waals surface area contributed by atoms with Gasteiger partial charge in [0.1, 0.15) is 11.8 Å². The van der Waals surface area contributed by atoms with Crippen molar-refractivity contribution in [3.63, 3.8) is 0 Å². The number of rotatable bonds is 21. The molecule has 0 radical (unpaired) electrons. The average molecular weight is 705 g/mol. The summed E-state index contributed by atoms with van der Waals surface area (Å²) >= 11 is 0. The zero-order chi connectivity index (χ0) is 37.4. The maximum atomic E-state index is 14.0. The largest absolute Gasteiger partial charge is 0.344 e. The van der Waals surface area contributed by atoms with Crippen LogP contribution >= 0.6 is 0 Å². The van der Waals surface area contributed by atoms with Gasteiger partial charge in [0.05, 0.1) is 18.1 Å². The van der Waals surface area contributed by atoms with E-state index in [4.69, 9.17) is 11.5 Å². The molecule has 2 aromatic rings. The Bertz CT molecular complexity index is 1410. The van der Waals surface area contributed by atoms with Gasteiger partial charge in [-0.3, -0.25) is 24.0 Å². The summed E-state index contributed by atoms with van der Waals surface area (Å²) in [5.41, 5.74) is 13.1. The summed E-state index contributed by atoms with van der Waals surface area (Å²) in [5.74, 6) is -1.53. The molecule has 0 saturated carbocycles. The lowest BCUT2D eigenvalue weighted by Crippen LogP contribution is -2.56. The summed E-state index contributed by atoms with van der Waals surface area (Å²) in [4.78, 5) is 68.6. The Labute approximate surface area is 304 Å². The maximum Gasteiger partial charge on any atom is 0.243 e. The van der Waals surface area contributed by atoms with Gasteiger partial charge in [0, 0.05) is 38.4 Å². The van der Waals surface area contributed by atoms with Crippen molar-refractivity contribution in [1.29, 1.82) is 0 Å². The fourth-order valence-corrected chi connectivity index (χ4v) is 6.59. The van der Waals surface area contributed by atoms with Crippen LogP contribution in [0.5, 0.6) is 0 Å². The lowest BCUT2D eigenvalue weighted by Gasteiger charge is -2.39. The van der Waals surface area contributed by atoms with Crippen LogP contribution in [-0.4, -0.2) is 84.5 Å². The highest BCUT2D eigenvalue weighted by atomic mass is 16.2. The summed E-state index contributed by atoms with van der Waals surface area (Å²) in [6, 6.07) is 17.7. The van der Waals surface area contributed by atoms with Crippen molar-refractivity contribution in [1.82, 2.24) is 20.9 Å². The smallest absolute Gasteiger partial charge is 0.243 e. The second kappa shape index (κ2) is 20.8. The van der Waals surface area contributed by atoms with Gasteiger partial charge in [0.15, 0.2) is 5.78 Å². The molecule has 1 aliphatic rings. The number of carbonyl (C=O) groups is 5. The van der Waals surface area contributed by atoms with Crippen molar-refractivity contribution in [2.75, 3.05) is 32.7 Å². The van der Waals surface area contributed by atoms with Crippen molar-refractivity contribution in [2.45, 2.75) is 103 Å². The first-order valence-electron chi connectivity index (χ1n) is 18.5. The molecule has 11 heteroatoms. The highest BCUT2D eigenvalue weighted by molar-refractivity contribution is 5.95.